The SMILES string of the molecule is CSC[C@](C)(O)CNc1ncccc1C(F)(F)F. The number of anilines is 1. The fourth-order valence-corrected chi connectivity index (χ4v) is 2.13. The highest BCUT2D eigenvalue weighted by molar-refractivity contribution is 7.98. The second-order valence-corrected chi connectivity index (χ2v) is 5.05. The van der Waals surface area contributed by atoms with E-state index in [1.807, 2.05) is 6.26 Å². The standard InChI is InChI=1S/C11H15F3N2OS/c1-10(17,7-18-2)6-16-9-8(11(12,13)14)4-3-5-15-9/h3-5,17H,6-7H2,1-2H3,(H,15,16)/t10-/m1/s1. The van der Waals surface area contributed by atoms with Crippen molar-refractivity contribution in [1.82, 2.24) is 4.98 Å². The third-order valence-corrected chi connectivity index (χ3v) is 3.12. The van der Waals surface area contributed by atoms with E-state index in [-0.39, 0.29) is 12.4 Å². The van der Waals surface area contributed by atoms with Crippen LogP contribution in [0.2, 0.25) is 0 Å². The van der Waals surface area contributed by atoms with Crippen LogP contribution in [0.3, 0.4) is 0 Å². The van der Waals surface area contributed by atoms with Crippen molar-refractivity contribution in [2.75, 3.05) is 23.9 Å². The fourth-order valence-electron chi connectivity index (χ4n) is 1.41. The summed E-state index contributed by atoms with van der Waals surface area (Å²) in [5.74, 6) is 0.167. The minimum atomic E-state index is -4.46. The van der Waals surface area contributed by atoms with E-state index in [0.717, 1.165) is 6.07 Å². The van der Waals surface area contributed by atoms with Gasteiger partial charge in [0.2, 0.25) is 0 Å². The van der Waals surface area contributed by atoms with Crippen molar-refractivity contribution in [3.63, 3.8) is 0 Å². The van der Waals surface area contributed by atoms with Gasteiger partial charge in [0, 0.05) is 18.5 Å². The summed E-state index contributed by atoms with van der Waals surface area (Å²) in [5.41, 5.74) is -1.91. The quantitative estimate of drug-likeness (QED) is 0.870. The normalized spacial score (nSPS) is 15.2. The van der Waals surface area contributed by atoms with Gasteiger partial charge in [-0.25, -0.2) is 4.98 Å². The number of halogens is 3. The first-order chi connectivity index (χ1) is 8.26. The zero-order valence-corrected chi connectivity index (χ0v) is 10.9. The van der Waals surface area contributed by atoms with E-state index in [4.69, 9.17) is 0 Å². The molecule has 0 spiro atoms. The van der Waals surface area contributed by atoms with Crippen molar-refractivity contribution < 1.29 is 18.3 Å². The third kappa shape index (κ3) is 4.38. The molecule has 2 N–H and O–H groups in total. The monoisotopic (exact) mass is 280 g/mol. The average molecular weight is 280 g/mol. The first-order valence-electron chi connectivity index (χ1n) is 5.24. The molecule has 1 aromatic heterocycles. The lowest BCUT2D eigenvalue weighted by Gasteiger charge is -2.23. The first kappa shape index (κ1) is 15.1. The highest BCUT2D eigenvalue weighted by atomic mass is 32.2. The molecule has 18 heavy (non-hydrogen) atoms. The summed E-state index contributed by atoms with van der Waals surface area (Å²) >= 11 is 1.42. The Bertz CT molecular complexity index is 396. The predicted octanol–water partition coefficient (Wildman–Crippen LogP) is 2.63. The van der Waals surface area contributed by atoms with Crippen molar-refractivity contribution in [2.24, 2.45) is 0 Å². The van der Waals surface area contributed by atoms with E-state index in [0.29, 0.717) is 5.75 Å². The Balaban J connectivity index is 2.80. The Hall–Kier alpha value is -0.950. The molecular weight excluding hydrogens is 265 g/mol. The zero-order valence-electron chi connectivity index (χ0n) is 10.1. The molecule has 0 radical (unpaired) electrons. The molecule has 0 saturated carbocycles. The van der Waals surface area contributed by atoms with Crippen molar-refractivity contribution in [3.05, 3.63) is 23.9 Å². The maximum absolute atomic E-state index is 12.7. The average Bonchev–Trinajstić information content (AvgIpc) is 2.26. The zero-order chi connectivity index (χ0) is 13.8. The number of aromatic nitrogens is 1. The Morgan fingerprint density at radius 1 is 1.44 bits per heavy atom. The smallest absolute Gasteiger partial charge is 0.387 e. The van der Waals surface area contributed by atoms with E-state index in [1.54, 1.807) is 6.92 Å². The van der Waals surface area contributed by atoms with Gasteiger partial charge in [-0.1, -0.05) is 0 Å². The molecule has 0 saturated heterocycles. The molecule has 1 heterocycles. The number of alkyl halides is 3. The van der Waals surface area contributed by atoms with Crippen molar-refractivity contribution in [3.8, 4) is 0 Å². The number of nitrogens with zero attached hydrogens (tertiary/aromatic N) is 1. The Kier molecular flexibility index (Phi) is 4.86. The molecule has 0 aliphatic rings. The largest absolute Gasteiger partial charge is 0.419 e. The molecule has 3 nitrogen and oxygen atoms in total. The van der Waals surface area contributed by atoms with E-state index < -0.39 is 17.3 Å². The maximum atomic E-state index is 12.7. The van der Waals surface area contributed by atoms with E-state index >= 15 is 0 Å². The van der Waals surface area contributed by atoms with Gasteiger partial charge in [0.25, 0.3) is 0 Å². The van der Waals surface area contributed by atoms with Gasteiger partial charge in [0.15, 0.2) is 0 Å². The van der Waals surface area contributed by atoms with Crippen LogP contribution in [0, 0.1) is 0 Å². The van der Waals surface area contributed by atoms with Crippen LogP contribution in [0.4, 0.5) is 19.0 Å². The molecule has 0 aliphatic carbocycles. The van der Waals surface area contributed by atoms with Gasteiger partial charge >= 0.3 is 6.18 Å². The number of nitrogens with one attached hydrogen (secondary N) is 1. The van der Waals surface area contributed by atoms with Gasteiger partial charge in [-0.15, -0.1) is 0 Å². The van der Waals surface area contributed by atoms with Crippen LogP contribution in [0.5, 0.6) is 0 Å². The van der Waals surface area contributed by atoms with Gasteiger partial charge in [0.05, 0.1) is 11.2 Å². The molecule has 7 heteroatoms. The summed E-state index contributed by atoms with van der Waals surface area (Å²) in [6.07, 6.45) is -1.36. The molecule has 1 rings (SSSR count). The van der Waals surface area contributed by atoms with Crippen LogP contribution in [-0.2, 0) is 6.18 Å². The molecule has 102 valence electrons. The second kappa shape index (κ2) is 5.79. The van der Waals surface area contributed by atoms with Crippen LogP contribution in [-0.4, -0.2) is 34.2 Å². The Morgan fingerprint density at radius 2 is 2.11 bits per heavy atom. The lowest BCUT2D eigenvalue weighted by molar-refractivity contribution is -0.137. The van der Waals surface area contributed by atoms with Gasteiger partial charge in [-0.3, -0.25) is 0 Å². The molecule has 1 atom stereocenters. The maximum Gasteiger partial charge on any atom is 0.419 e. The lowest BCUT2D eigenvalue weighted by atomic mass is 10.1. The summed E-state index contributed by atoms with van der Waals surface area (Å²) in [6, 6.07) is 2.19. The van der Waals surface area contributed by atoms with Gasteiger partial charge in [-0.2, -0.15) is 24.9 Å². The highest BCUT2D eigenvalue weighted by Gasteiger charge is 2.34. The molecule has 1 aromatic rings. The van der Waals surface area contributed by atoms with Gasteiger partial charge in [0.1, 0.15) is 5.82 Å². The molecule has 0 aromatic carbocycles. The van der Waals surface area contributed by atoms with Crippen LogP contribution < -0.4 is 5.32 Å². The van der Waals surface area contributed by atoms with E-state index in [9.17, 15) is 18.3 Å². The van der Waals surface area contributed by atoms with Crippen molar-refractivity contribution >= 4 is 17.6 Å². The third-order valence-electron chi connectivity index (χ3n) is 2.21. The summed E-state index contributed by atoms with van der Waals surface area (Å²) in [4.78, 5) is 3.66. The molecule has 0 amide bonds. The van der Waals surface area contributed by atoms with E-state index in [2.05, 4.69) is 10.3 Å². The Labute approximate surface area is 108 Å². The fraction of sp³-hybridized carbons (Fsp3) is 0.545. The number of pyridine rings is 1. The molecular formula is C11H15F3N2OS. The Morgan fingerprint density at radius 3 is 2.67 bits per heavy atom. The van der Waals surface area contributed by atoms with Crippen molar-refractivity contribution in [1.29, 1.82) is 0 Å². The molecule has 0 aliphatic heterocycles. The number of rotatable bonds is 5. The first-order valence-corrected chi connectivity index (χ1v) is 6.63. The second-order valence-electron chi connectivity index (χ2n) is 4.18. The summed E-state index contributed by atoms with van der Waals surface area (Å²) in [6.45, 7) is 1.57. The molecule has 0 bridgehead atoms. The van der Waals surface area contributed by atoms with E-state index in [1.165, 1.54) is 24.0 Å². The topological polar surface area (TPSA) is 45.1 Å². The number of hydrogen-bond acceptors (Lipinski definition) is 4. The summed E-state index contributed by atoms with van der Waals surface area (Å²) in [7, 11) is 0. The van der Waals surface area contributed by atoms with Crippen LogP contribution >= 0.6 is 11.8 Å². The highest BCUT2D eigenvalue weighted by Crippen LogP contribution is 2.33. The van der Waals surface area contributed by atoms with Gasteiger partial charge in [-0.05, 0) is 25.3 Å². The minimum Gasteiger partial charge on any atom is -0.387 e. The predicted molar refractivity (Wildman–Crippen MR) is 66.7 cm³/mol. The number of aliphatic hydroxyl groups is 1. The molecule has 0 fully saturated rings. The minimum absolute atomic E-state index is 0.00787. The summed E-state index contributed by atoms with van der Waals surface area (Å²) < 4.78 is 38.0. The van der Waals surface area contributed by atoms with Crippen LogP contribution in [0.15, 0.2) is 18.3 Å². The van der Waals surface area contributed by atoms with Crippen LogP contribution in [0.25, 0.3) is 0 Å². The number of hydrogen-bond donors (Lipinski definition) is 2. The van der Waals surface area contributed by atoms with Crippen LogP contribution in [0.1, 0.15) is 12.5 Å². The lowest BCUT2D eigenvalue weighted by Crippen LogP contribution is -2.36. The van der Waals surface area contributed by atoms with Crippen molar-refractivity contribution in [2.45, 2.75) is 18.7 Å². The van der Waals surface area contributed by atoms with Gasteiger partial charge < -0.3 is 10.4 Å². The number of thioether (sulfide) groups is 1. The molecule has 0 unspecified atom stereocenters. The summed E-state index contributed by atoms with van der Waals surface area (Å²) in [5, 5.41) is 12.4.